The Hall–Kier alpha value is 0.610. The van der Waals surface area contributed by atoms with Crippen LogP contribution in [0.5, 0.6) is 0 Å². The summed E-state index contributed by atoms with van der Waals surface area (Å²) in [5, 5.41) is 0. The van der Waals surface area contributed by atoms with Crippen LogP contribution in [0, 0.1) is 0 Å². The summed E-state index contributed by atoms with van der Waals surface area (Å²) in [5.74, 6) is 0. The highest BCUT2D eigenvalue weighted by Gasteiger charge is 2.14. The van der Waals surface area contributed by atoms with E-state index < -0.39 is 0 Å². The number of nitrogens with zero attached hydrogens (tertiary/aromatic N) is 3. The highest BCUT2D eigenvalue weighted by Crippen LogP contribution is 2.02. The number of likely N-dealkylation sites (N-methyl/N-ethyl adjacent to an activating group) is 1. The lowest BCUT2D eigenvalue weighted by molar-refractivity contribution is 0.143. The average molecular weight is 297 g/mol. The van der Waals surface area contributed by atoms with E-state index in [1.165, 1.54) is 43.8 Å². The van der Waals surface area contributed by atoms with Crippen molar-refractivity contribution in [2.45, 2.75) is 0 Å². The van der Waals surface area contributed by atoms with Crippen LogP contribution in [0.1, 0.15) is 0 Å². The van der Waals surface area contributed by atoms with Crippen LogP contribution >= 0.6 is 22.6 Å². The minimum atomic E-state index is 1.18. The van der Waals surface area contributed by atoms with Gasteiger partial charge in [0.05, 0.1) is 4.55 Å². The highest BCUT2D eigenvalue weighted by molar-refractivity contribution is 14.1. The van der Waals surface area contributed by atoms with Crippen LogP contribution in [-0.4, -0.2) is 72.6 Å². The number of piperazine rings is 1. The number of alkyl halides is 1. The SMILES string of the molecule is CN(C)CCN1CCN(CI)CC1. The van der Waals surface area contributed by atoms with Gasteiger partial charge in [-0.2, -0.15) is 0 Å². The average Bonchev–Trinajstić information content (AvgIpc) is 2.15. The maximum Gasteiger partial charge on any atom is 0.0506 e. The second-order valence-corrected chi connectivity index (χ2v) is 4.56. The van der Waals surface area contributed by atoms with E-state index in [1.54, 1.807) is 0 Å². The van der Waals surface area contributed by atoms with E-state index in [0.717, 1.165) is 0 Å². The second kappa shape index (κ2) is 6.16. The minimum Gasteiger partial charge on any atom is -0.308 e. The molecule has 0 N–H and O–H groups in total. The predicted octanol–water partition coefficient (Wildman–Crippen LogP) is 0.558. The van der Waals surface area contributed by atoms with Crippen LogP contribution in [0.15, 0.2) is 0 Å². The fourth-order valence-corrected chi connectivity index (χ4v) is 2.16. The van der Waals surface area contributed by atoms with E-state index in [4.69, 9.17) is 0 Å². The molecule has 78 valence electrons. The Balaban J connectivity index is 2.10. The quantitative estimate of drug-likeness (QED) is 0.426. The Labute approximate surface area is 95.2 Å². The van der Waals surface area contributed by atoms with Crippen molar-refractivity contribution in [3.63, 3.8) is 0 Å². The van der Waals surface area contributed by atoms with Gasteiger partial charge in [0.1, 0.15) is 0 Å². The molecule has 0 atom stereocenters. The lowest BCUT2D eigenvalue weighted by Crippen LogP contribution is -2.47. The molecule has 0 aliphatic carbocycles. The number of hydrogen-bond acceptors (Lipinski definition) is 3. The summed E-state index contributed by atoms with van der Waals surface area (Å²) in [4.78, 5) is 7.32. The molecule has 0 radical (unpaired) electrons. The number of hydrogen-bond donors (Lipinski definition) is 0. The third kappa shape index (κ3) is 4.58. The topological polar surface area (TPSA) is 9.72 Å². The molecule has 1 saturated heterocycles. The Morgan fingerprint density at radius 2 is 1.62 bits per heavy atom. The monoisotopic (exact) mass is 297 g/mol. The summed E-state index contributed by atoms with van der Waals surface area (Å²) >= 11 is 2.44. The molecule has 0 saturated carbocycles. The normalized spacial score (nSPS) is 21.2. The van der Waals surface area contributed by atoms with E-state index in [-0.39, 0.29) is 0 Å². The fraction of sp³-hybridized carbons (Fsp3) is 1.00. The molecule has 1 fully saturated rings. The van der Waals surface area contributed by atoms with Crippen molar-refractivity contribution >= 4 is 22.6 Å². The molecule has 0 aromatic heterocycles. The van der Waals surface area contributed by atoms with Gasteiger partial charge in [0, 0.05) is 39.3 Å². The Bertz CT molecular complexity index is 133. The number of halogens is 1. The zero-order valence-electron chi connectivity index (χ0n) is 8.67. The van der Waals surface area contributed by atoms with E-state index in [1.807, 2.05) is 0 Å². The highest BCUT2D eigenvalue weighted by atomic mass is 127. The molecule has 0 aromatic rings. The largest absolute Gasteiger partial charge is 0.308 e. The van der Waals surface area contributed by atoms with Gasteiger partial charge in [0.15, 0.2) is 0 Å². The molecule has 3 nitrogen and oxygen atoms in total. The van der Waals surface area contributed by atoms with Crippen LogP contribution in [-0.2, 0) is 0 Å². The molecule has 1 heterocycles. The van der Waals surface area contributed by atoms with Gasteiger partial charge in [-0.15, -0.1) is 0 Å². The molecule has 1 aliphatic rings. The first-order valence-corrected chi connectivity index (χ1v) is 6.40. The third-order valence-corrected chi connectivity index (χ3v) is 3.46. The van der Waals surface area contributed by atoms with Crippen molar-refractivity contribution in [2.24, 2.45) is 0 Å². The van der Waals surface area contributed by atoms with Crippen molar-refractivity contribution in [3.05, 3.63) is 0 Å². The molecule has 0 spiro atoms. The molecule has 1 rings (SSSR count). The summed E-state index contributed by atoms with van der Waals surface area (Å²) in [5.41, 5.74) is 0. The van der Waals surface area contributed by atoms with Crippen LogP contribution in [0.4, 0.5) is 0 Å². The van der Waals surface area contributed by atoms with E-state index in [9.17, 15) is 0 Å². The van der Waals surface area contributed by atoms with Crippen molar-refractivity contribution in [1.29, 1.82) is 0 Å². The van der Waals surface area contributed by atoms with Crippen molar-refractivity contribution < 1.29 is 0 Å². The zero-order chi connectivity index (χ0) is 9.68. The maximum absolute atomic E-state index is 2.56. The van der Waals surface area contributed by atoms with Crippen molar-refractivity contribution in [1.82, 2.24) is 14.7 Å². The van der Waals surface area contributed by atoms with Gasteiger partial charge in [-0.05, 0) is 14.1 Å². The van der Waals surface area contributed by atoms with Gasteiger partial charge < -0.3 is 4.90 Å². The van der Waals surface area contributed by atoms with Gasteiger partial charge in [0.2, 0.25) is 0 Å². The molecule has 1 aliphatic heterocycles. The van der Waals surface area contributed by atoms with Crippen LogP contribution < -0.4 is 0 Å². The van der Waals surface area contributed by atoms with E-state index in [0.29, 0.717) is 0 Å². The Morgan fingerprint density at radius 1 is 1.08 bits per heavy atom. The molecular formula is C9H20IN3. The Kier molecular flexibility index (Phi) is 5.54. The standard InChI is InChI=1S/C9H20IN3/c1-11(2)3-4-12-5-7-13(9-10)8-6-12/h3-9H2,1-2H3. The molecule has 0 unspecified atom stereocenters. The van der Waals surface area contributed by atoms with Crippen molar-refractivity contribution in [2.75, 3.05) is 57.9 Å². The molecule has 4 heteroatoms. The van der Waals surface area contributed by atoms with Gasteiger partial charge in [0.25, 0.3) is 0 Å². The zero-order valence-corrected chi connectivity index (χ0v) is 10.8. The van der Waals surface area contributed by atoms with Gasteiger partial charge in [-0.1, -0.05) is 22.6 Å². The maximum atomic E-state index is 2.56. The van der Waals surface area contributed by atoms with Crippen LogP contribution in [0.25, 0.3) is 0 Å². The van der Waals surface area contributed by atoms with Crippen LogP contribution in [0.3, 0.4) is 0 Å². The Morgan fingerprint density at radius 3 is 2.08 bits per heavy atom. The lowest BCUT2D eigenvalue weighted by atomic mass is 10.3. The second-order valence-electron chi connectivity index (χ2n) is 3.88. The first-order chi connectivity index (χ1) is 6.22. The molecular weight excluding hydrogens is 277 g/mol. The van der Waals surface area contributed by atoms with E-state index >= 15 is 0 Å². The van der Waals surface area contributed by atoms with E-state index in [2.05, 4.69) is 51.4 Å². The van der Waals surface area contributed by atoms with Gasteiger partial charge in [-0.25, -0.2) is 0 Å². The molecule has 13 heavy (non-hydrogen) atoms. The predicted molar refractivity (Wildman–Crippen MR) is 65.5 cm³/mol. The smallest absolute Gasteiger partial charge is 0.0506 e. The number of rotatable bonds is 4. The summed E-state index contributed by atoms with van der Waals surface area (Å²) in [6.07, 6.45) is 0. The first kappa shape index (κ1) is 11.7. The summed E-state index contributed by atoms with van der Waals surface area (Å²) < 4.78 is 1.18. The summed E-state index contributed by atoms with van der Waals surface area (Å²) in [6.45, 7) is 7.40. The minimum absolute atomic E-state index is 1.18. The first-order valence-electron chi connectivity index (χ1n) is 4.88. The summed E-state index contributed by atoms with van der Waals surface area (Å²) in [6, 6.07) is 0. The fourth-order valence-electron chi connectivity index (χ4n) is 1.47. The van der Waals surface area contributed by atoms with Gasteiger partial charge in [-0.3, -0.25) is 9.80 Å². The molecule has 0 amide bonds. The summed E-state index contributed by atoms with van der Waals surface area (Å²) in [7, 11) is 4.28. The van der Waals surface area contributed by atoms with Gasteiger partial charge >= 0.3 is 0 Å². The molecule has 0 aromatic carbocycles. The van der Waals surface area contributed by atoms with Crippen molar-refractivity contribution in [3.8, 4) is 0 Å². The third-order valence-electron chi connectivity index (χ3n) is 2.50. The molecule has 0 bridgehead atoms. The lowest BCUT2D eigenvalue weighted by Gasteiger charge is -2.34. The van der Waals surface area contributed by atoms with Crippen LogP contribution in [0.2, 0.25) is 0 Å².